The van der Waals surface area contributed by atoms with Crippen molar-refractivity contribution in [3.63, 3.8) is 0 Å². The molecule has 2 aliphatic rings. The molecule has 0 aliphatic carbocycles. The molecule has 0 radical (unpaired) electrons. The Morgan fingerprint density at radius 1 is 1.12 bits per heavy atom. The number of carbonyl (C=O) groups is 1. The lowest BCUT2D eigenvalue weighted by atomic mass is 9.92. The quantitative estimate of drug-likeness (QED) is 0.615. The van der Waals surface area contributed by atoms with Gasteiger partial charge in [-0.3, -0.25) is 4.79 Å². The molecule has 0 atom stereocenters. The van der Waals surface area contributed by atoms with Gasteiger partial charge in [-0.25, -0.2) is 4.39 Å². The molecule has 0 unspecified atom stereocenters. The smallest absolute Gasteiger partial charge is 0.258 e. The van der Waals surface area contributed by atoms with Gasteiger partial charge >= 0.3 is 0 Å². The first kappa shape index (κ1) is 20.7. The zero-order chi connectivity index (χ0) is 22.1. The Morgan fingerprint density at radius 3 is 2.62 bits per heavy atom. The zero-order valence-corrected chi connectivity index (χ0v) is 18.3. The summed E-state index contributed by atoms with van der Waals surface area (Å²) in [7, 11) is 0. The minimum absolute atomic E-state index is 0.00436. The Morgan fingerprint density at radius 2 is 1.91 bits per heavy atom. The summed E-state index contributed by atoms with van der Waals surface area (Å²) in [6.07, 6.45) is 3.06. The summed E-state index contributed by atoms with van der Waals surface area (Å²) in [5, 5.41) is 3.87. The first-order valence-corrected chi connectivity index (χ1v) is 11.4. The third-order valence-corrected chi connectivity index (χ3v) is 6.61. The number of hydrogen-bond donors (Lipinski definition) is 0. The van der Waals surface area contributed by atoms with Gasteiger partial charge in [0, 0.05) is 44.1 Å². The first-order chi connectivity index (χ1) is 15.6. The molecule has 1 saturated heterocycles. The molecule has 6 nitrogen and oxygen atoms in total. The van der Waals surface area contributed by atoms with E-state index >= 15 is 0 Å². The van der Waals surface area contributed by atoms with Crippen LogP contribution in [0.2, 0.25) is 0 Å². The maximum atomic E-state index is 14.9. The fourth-order valence-corrected chi connectivity index (χ4v) is 4.72. The van der Waals surface area contributed by atoms with E-state index in [1.54, 1.807) is 6.07 Å². The predicted molar refractivity (Wildman–Crippen MR) is 120 cm³/mol. The number of hydrogen-bond acceptors (Lipinski definition) is 5. The van der Waals surface area contributed by atoms with E-state index in [0.29, 0.717) is 49.0 Å². The molecule has 0 N–H and O–H groups in total. The van der Waals surface area contributed by atoms with Crippen LogP contribution in [0.3, 0.4) is 0 Å². The number of anilines is 1. The number of fused-ring (bicyclic) bond motifs is 1. The highest BCUT2D eigenvalue weighted by Crippen LogP contribution is 2.30. The molecular weight excluding hydrogens is 407 g/mol. The number of benzene rings is 2. The molecule has 3 heterocycles. The lowest BCUT2D eigenvalue weighted by Crippen LogP contribution is -2.44. The maximum Gasteiger partial charge on any atom is 0.258 e. The van der Waals surface area contributed by atoms with Crippen LogP contribution in [0.25, 0.3) is 11.5 Å². The minimum atomic E-state index is -0.309. The molecule has 0 saturated carbocycles. The van der Waals surface area contributed by atoms with E-state index in [2.05, 4.69) is 28.3 Å². The number of halogens is 1. The Labute approximate surface area is 187 Å². The second-order valence-corrected chi connectivity index (χ2v) is 8.58. The van der Waals surface area contributed by atoms with Crippen molar-refractivity contribution >= 4 is 11.6 Å². The van der Waals surface area contributed by atoms with Gasteiger partial charge in [0.15, 0.2) is 5.82 Å². The van der Waals surface area contributed by atoms with Crippen molar-refractivity contribution in [3.8, 4) is 11.5 Å². The number of rotatable bonds is 4. The SMILES string of the molecule is CCc1noc(-c2ccc(N3CCC(C(=O)N4CCc5ccccc5C4)CC3)c(F)c2)n1. The summed E-state index contributed by atoms with van der Waals surface area (Å²) in [6.45, 7) is 4.74. The van der Waals surface area contributed by atoms with Crippen LogP contribution >= 0.6 is 0 Å². The van der Waals surface area contributed by atoms with E-state index in [9.17, 15) is 9.18 Å². The van der Waals surface area contributed by atoms with Crippen molar-refractivity contribution < 1.29 is 13.7 Å². The molecule has 2 aliphatic heterocycles. The fourth-order valence-electron chi connectivity index (χ4n) is 4.72. The summed E-state index contributed by atoms with van der Waals surface area (Å²) in [6, 6.07) is 13.4. The second-order valence-electron chi connectivity index (χ2n) is 8.58. The van der Waals surface area contributed by atoms with Gasteiger partial charge in [-0.2, -0.15) is 4.98 Å². The van der Waals surface area contributed by atoms with Crippen molar-refractivity contribution in [2.75, 3.05) is 24.5 Å². The van der Waals surface area contributed by atoms with Gasteiger partial charge in [0.1, 0.15) is 5.82 Å². The van der Waals surface area contributed by atoms with Crippen LogP contribution in [-0.2, 0) is 24.2 Å². The van der Waals surface area contributed by atoms with E-state index < -0.39 is 0 Å². The lowest BCUT2D eigenvalue weighted by molar-refractivity contribution is -0.137. The van der Waals surface area contributed by atoms with Crippen LogP contribution in [0.15, 0.2) is 47.0 Å². The molecule has 0 bridgehead atoms. The van der Waals surface area contributed by atoms with Gasteiger partial charge in [-0.1, -0.05) is 36.3 Å². The number of carbonyl (C=O) groups excluding carboxylic acids is 1. The van der Waals surface area contributed by atoms with Crippen LogP contribution in [0, 0.1) is 11.7 Å². The number of amides is 1. The van der Waals surface area contributed by atoms with Gasteiger partial charge in [0.25, 0.3) is 5.89 Å². The third kappa shape index (κ3) is 3.99. The molecule has 7 heteroatoms. The topological polar surface area (TPSA) is 62.5 Å². The molecule has 166 valence electrons. The third-order valence-electron chi connectivity index (χ3n) is 6.61. The van der Waals surface area contributed by atoms with E-state index in [-0.39, 0.29) is 17.6 Å². The normalized spacial score (nSPS) is 16.8. The lowest BCUT2D eigenvalue weighted by Gasteiger charge is -2.37. The average Bonchev–Trinajstić information content (AvgIpc) is 3.33. The van der Waals surface area contributed by atoms with Crippen LogP contribution in [-0.4, -0.2) is 40.6 Å². The molecule has 2 aromatic carbocycles. The van der Waals surface area contributed by atoms with E-state index in [0.717, 1.165) is 25.8 Å². The highest BCUT2D eigenvalue weighted by Gasteiger charge is 2.31. The van der Waals surface area contributed by atoms with Crippen LogP contribution < -0.4 is 4.90 Å². The number of aryl methyl sites for hydroxylation is 1. The van der Waals surface area contributed by atoms with Gasteiger partial charge < -0.3 is 14.3 Å². The highest BCUT2D eigenvalue weighted by molar-refractivity contribution is 5.79. The number of piperidine rings is 1. The summed E-state index contributed by atoms with van der Waals surface area (Å²) < 4.78 is 20.1. The van der Waals surface area contributed by atoms with Gasteiger partial charge in [0.05, 0.1) is 5.69 Å². The highest BCUT2D eigenvalue weighted by atomic mass is 19.1. The average molecular weight is 435 g/mol. The van der Waals surface area contributed by atoms with Crippen molar-refractivity contribution in [3.05, 3.63) is 65.2 Å². The number of nitrogens with zero attached hydrogens (tertiary/aromatic N) is 4. The molecule has 5 rings (SSSR count). The van der Waals surface area contributed by atoms with Crippen molar-refractivity contribution in [1.29, 1.82) is 0 Å². The Balaban J connectivity index is 1.21. The summed E-state index contributed by atoms with van der Waals surface area (Å²) in [5.74, 6) is 0.868. The molecule has 3 aromatic rings. The van der Waals surface area contributed by atoms with Crippen molar-refractivity contribution in [2.45, 2.75) is 39.2 Å². The van der Waals surface area contributed by atoms with Gasteiger partial charge in [0.2, 0.25) is 5.91 Å². The van der Waals surface area contributed by atoms with Crippen LogP contribution in [0.5, 0.6) is 0 Å². The second kappa shape index (κ2) is 8.73. The molecule has 1 aromatic heterocycles. The van der Waals surface area contributed by atoms with E-state index in [1.165, 1.54) is 17.2 Å². The monoisotopic (exact) mass is 434 g/mol. The van der Waals surface area contributed by atoms with Crippen LogP contribution in [0.1, 0.15) is 36.7 Å². The van der Waals surface area contributed by atoms with Gasteiger partial charge in [-0.05, 0) is 48.6 Å². The van der Waals surface area contributed by atoms with Crippen LogP contribution in [0.4, 0.5) is 10.1 Å². The molecular formula is C25H27FN4O2. The number of aromatic nitrogens is 2. The Bertz CT molecular complexity index is 1120. The summed E-state index contributed by atoms with van der Waals surface area (Å²) in [4.78, 5) is 21.4. The zero-order valence-electron chi connectivity index (χ0n) is 18.3. The fraction of sp³-hybridized carbons (Fsp3) is 0.400. The molecule has 1 fully saturated rings. The van der Waals surface area contributed by atoms with E-state index in [1.807, 2.05) is 28.9 Å². The predicted octanol–water partition coefficient (Wildman–Crippen LogP) is 4.24. The largest absolute Gasteiger partial charge is 0.369 e. The van der Waals surface area contributed by atoms with Crippen molar-refractivity contribution in [1.82, 2.24) is 15.0 Å². The molecule has 0 spiro atoms. The van der Waals surface area contributed by atoms with Gasteiger partial charge in [-0.15, -0.1) is 0 Å². The Kier molecular flexibility index (Phi) is 5.64. The first-order valence-electron chi connectivity index (χ1n) is 11.4. The van der Waals surface area contributed by atoms with Crippen molar-refractivity contribution in [2.24, 2.45) is 5.92 Å². The minimum Gasteiger partial charge on any atom is -0.369 e. The molecule has 32 heavy (non-hydrogen) atoms. The summed E-state index contributed by atoms with van der Waals surface area (Å²) >= 11 is 0. The molecule has 1 amide bonds. The maximum absolute atomic E-state index is 14.9. The van der Waals surface area contributed by atoms with E-state index in [4.69, 9.17) is 4.52 Å². The summed E-state index contributed by atoms with van der Waals surface area (Å²) in [5.41, 5.74) is 3.73. The Hall–Kier alpha value is -3.22. The standard InChI is InChI=1S/C25H27FN4O2/c1-2-23-27-24(32-28-23)19-7-8-22(21(26)15-19)29-12-10-18(11-13-29)25(31)30-14-9-17-5-3-4-6-20(17)16-30/h3-8,15,18H,2,9-14,16H2,1H3.